The van der Waals surface area contributed by atoms with Crippen molar-refractivity contribution in [1.29, 1.82) is 0 Å². The molecule has 5 nitrogen and oxygen atoms in total. The molecule has 0 saturated heterocycles. The van der Waals surface area contributed by atoms with Gasteiger partial charge in [0.25, 0.3) is 11.8 Å². The zero-order valence-corrected chi connectivity index (χ0v) is 15.6. The number of nitrogens with zero attached hydrogens (tertiary/aromatic N) is 1. The maximum absolute atomic E-state index is 13.0. The second-order valence-corrected chi connectivity index (χ2v) is 7.15. The van der Waals surface area contributed by atoms with Gasteiger partial charge in [-0.15, -0.1) is 0 Å². The van der Waals surface area contributed by atoms with Crippen molar-refractivity contribution in [3.8, 4) is 0 Å². The molecule has 0 saturated carbocycles. The van der Waals surface area contributed by atoms with Crippen molar-refractivity contribution >= 4 is 29.5 Å². The van der Waals surface area contributed by atoms with Crippen molar-refractivity contribution in [3.05, 3.63) is 71.0 Å². The Balaban J connectivity index is 1.77. The van der Waals surface area contributed by atoms with Gasteiger partial charge in [-0.3, -0.25) is 19.3 Å². The zero-order chi connectivity index (χ0) is 19.4. The van der Waals surface area contributed by atoms with Crippen LogP contribution < -0.4 is 5.32 Å². The number of benzene rings is 2. The summed E-state index contributed by atoms with van der Waals surface area (Å²) in [5.41, 5.74) is 1.38. The molecule has 1 aliphatic heterocycles. The molecule has 0 fully saturated rings. The molecule has 27 heavy (non-hydrogen) atoms. The highest BCUT2D eigenvalue weighted by molar-refractivity contribution is 7.98. The fourth-order valence-electron chi connectivity index (χ4n) is 3.01. The number of carbonyl (C=O) groups is 3. The number of rotatable bonds is 7. The van der Waals surface area contributed by atoms with Crippen molar-refractivity contribution in [1.82, 2.24) is 10.2 Å². The number of halogens is 1. The normalized spacial score (nSPS) is 14.2. The number of hydrogen-bond donors (Lipinski definition) is 1. The van der Waals surface area contributed by atoms with Crippen molar-refractivity contribution < 1.29 is 18.8 Å². The molecule has 2 aromatic carbocycles. The lowest BCUT2D eigenvalue weighted by Gasteiger charge is -2.25. The van der Waals surface area contributed by atoms with Crippen LogP contribution in [-0.4, -0.2) is 40.7 Å². The molecule has 0 aliphatic carbocycles. The monoisotopic (exact) mass is 386 g/mol. The van der Waals surface area contributed by atoms with Crippen LogP contribution in [0.3, 0.4) is 0 Å². The van der Waals surface area contributed by atoms with Gasteiger partial charge in [0.2, 0.25) is 5.91 Å². The third-order valence-corrected chi connectivity index (χ3v) is 5.06. The Hall–Kier alpha value is -2.67. The van der Waals surface area contributed by atoms with Gasteiger partial charge < -0.3 is 5.32 Å². The molecule has 0 spiro atoms. The molecule has 3 rings (SSSR count). The lowest BCUT2D eigenvalue weighted by atomic mass is 10.1. The molecule has 1 atom stereocenters. The molecule has 1 aliphatic rings. The summed E-state index contributed by atoms with van der Waals surface area (Å²) >= 11 is 1.54. The maximum Gasteiger partial charge on any atom is 0.262 e. The van der Waals surface area contributed by atoms with Gasteiger partial charge >= 0.3 is 0 Å². The van der Waals surface area contributed by atoms with E-state index in [9.17, 15) is 18.8 Å². The summed E-state index contributed by atoms with van der Waals surface area (Å²) in [6.07, 6.45) is 2.26. The average Bonchev–Trinajstić information content (AvgIpc) is 2.93. The molecule has 1 heterocycles. The topological polar surface area (TPSA) is 66.5 Å². The second-order valence-electron chi connectivity index (χ2n) is 6.17. The Morgan fingerprint density at radius 1 is 1.07 bits per heavy atom. The first kappa shape index (κ1) is 19.1. The van der Waals surface area contributed by atoms with E-state index < -0.39 is 23.8 Å². The maximum atomic E-state index is 13.0. The number of imide groups is 1. The van der Waals surface area contributed by atoms with Gasteiger partial charge in [0.05, 0.1) is 11.1 Å². The van der Waals surface area contributed by atoms with E-state index in [1.54, 1.807) is 36.4 Å². The van der Waals surface area contributed by atoms with E-state index >= 15 is 0 Å². The molecule has 0 radical (unpaired) electrons. The SMILES string of the molecule is CSCC[C@@H](C(=O)NCc1ccc(F)cc1)N1C(=O)c2ccccc2C1=O. The molecule has 1 N–H and O–H groups in total. The van der Waals surface area contributed by atoms with Crippen LogP contribution in [0.25, 0.3) is 0 Å². The van der Waals surface area contributed by atoms with E-state index in [4.69, 9.17) is 0 Å². The van der Waals surface area contributed by atoms with Crippen molar-refractivity contribution in [2.24, 2.45) is 0 Å². The Kier molecular flexibility index (Phi) is 5.91. The Labute approximate surface area is 160 Å². The second kappa shape index (κ2) is 8.35. The van der Waals surface area contributed by atoms with Gasteiger partial charge in [-0.1, -0.05) is 24.3 Å². The third-order valence-electron chi connectivity index (χ3n) is 4.42. The number of hydrogen-bond acceptors (Lipinski definition) is 4. The van der Waals surface area contributed by atoms with Crippen LogP contribution in [0.1, 0.15) is 32.7 Å². The standard InChI is InChI=1S/C20H19FN2O3S/c1-27-11-10-17(18(24)22-12-13-6-8-14(21)9-7-13)23-19(25)15-4-2-3-5-16(15)20(23)26/h2-9,17H,10-12H2,1H3,(H,22,24)/t17-/m0/s1. The predicted octanol–water partition coefficient (Wildman–Crippen LogP) is 2.86. The Bertz CT molecular complexity index is 835. The Morgan fingerprint density at radius 3 is 2.22 bits per heavy atom. The highest BCUT2D eigenvalue weighted by Gasteiger charge is 2.42. The largest absolute Gasteiger partial charge is 0.350 e. The minimum absolute atomic E-state index is 0.193. The van der Waals surface area contributed by atoms with Crippen LogP contribution in [0, 0.1) is 5.82 Å². The number of nitrogens with one attached hydrogen (secondary N) is 1. The minimum atomic E-state index is -0.884. The summed E-state index contributed by atoms with van der Waals surface area (Å²) in [7, 11) is 0. The lowest BCUT2D eigenvalue weighted by Crippen LogP contribution is -2.49. The molecule has 0 aromatic heterocycles. The Morgan fingerprint density at radius 2 is 1.67 bits per heavy atom. The van der Waals surface area contributed by atoms with Gasteiger partial charge in [-0.05, 0) is 48.3 Å². The van der Waals surface area contributed by atoms with E-state index in [0.717, 1.165) is 10.5 Å². The van der Waals surface area contributed by atoms with Gasteiger partial charge in [0.1, 0.15) is 11.9 Å². The quantitative estimate of drug-likeness (QED) is 0.743. The number of fused-ring (bicyclic) bond motifs is 1. The van der Waals surface area contributed by atoms with Gasteiger partial charge in [-0.2, -0.15) is 11.8 Å². The fraction of sp³-hybridized carbons (Fsp3) is 0.250. The summed E-state index contributed by atoms with van der Waals surface area (Å²) in [5, 5.41) is 2.76. The molecule has 140 valence electrons. The van der Waals surface area contributed by atoms with E-state index in [2.05, 4.69) is 5.32 Å². The highest BCUT2D eigenvalue weighted by atomic mass is 32.2. The summed E-state index contributed by atoms with van der Waals surface area (Å²) in [6.45, 7) is 0.193. The number of amides is 3. The first-order valence-electron chi connectivity index (χ1n) is 8.51. The van der Waals surface area contributed by atoms with Crippen LogP contribution in [0.15, 0.2) is 48.5 Å². The van der Waals surface area contributed by atoms with Crippen LogP contribution in [-0.2, 0) is 11.3 Å². The van der Waals surface area contributed by atoms with E-state index in [1.807, 2.05) is 6.26 Å². The van der Waals surface area contributed by atoms with Crippen molar-refractivity contribution in [3.63, 3.8) is 0 Å². The molecular weight excluding hydrogens is 367 g/mol. The number of carbonyl (C=O) groups excluding carboxylic acids is 3. The van der Waals surface area contributed by atoms with Crippen molar-refractivity contribution in [2.45, 2.75) is 19.0 Å². The zero-order valence-electron chi connectivity index (χ0n) is 14.8. The third kappa shape index (κ3) is 4.03. The van der Waals surface area contributed by atoms with Gasteiger partial charge in [0.15, 0.2) is 0 Å². The summed E-state index contributed by atoms with van der Waals surface area (Å²) in [4.78, 5) is 39.2. The first-order chi connectivity index (χ1) is 13.0. The minimum Gasteiger partial charge on any atom is -0.350 e. The first-order valence-corrected chi connectivity index (χ1v) is 9.90. The van der Waals surface area contributed by atoms with Gasteiger partial charge in [0, 0.05) is 6.54 Å². The van der Waals surface area contributed by atoms with Crippen LogP contribution in [0.4, 0.5) is 4.39 Å². The average molecular weight is 386 g/mol. The van der Waals surface area contributed by atoms with E-state index in [-0.39, 0.29) is 12.4 Å². The van der Waals surface area contributed by atoms with Crippen LogP contribution in [0.2, 0.25) is 0 Å². The predicted molar refractivity (Wildman–Crippen MR) is 102 cm³/mol. The van der Waals surface area contributed by atoms with Crippen LogP contribution >= 0.6 is 11.8 Å². The number of thioether (sulfide) groups is 1. The molecular formula is C20H19FN2O3S. The highest BCUT2D eigenvalue weighted by Crippen LogP contribution is 2.26. The van der Waals surface area contributed by atoms with Crippen molar-refractivity contribution in [2.75, 3.05) is 12.0 Å². The lowest BCUT2D eigenvalue weighted by molar-refractivity contribution is -0.125. The molecule has 2 aromatic rings. The van der Waals surface area contributed by atoms with E-state index in [1.165, 1.54) is 23.9 Å². The summed E-state index contributed by atoms with van der Waals surface area (Å²) in [5.74, 6) is -1.02. The summed E-state index contributed by atoms with van der Waals surface area (Å²) in [6, 6.07) is 11.5. The molecule has 3 amide bonds. The van der Waals surface area contributed by atoms with Gasteiger partial charge in [-0.25, -0.2) is 4.39 Å². The van der Waals surface area contributed by atoms with E-state index in [0.29, 0.717) is 23.3 Å². The molecule has 0 bridgehead atoms. The molecule has 0 unspecified atom stereocenters. The summed E-state index contributed by atoms with van der Waals surface area (Å²) < 4.78 is 13.0. The fourth-order valence-corrected chi connectivity index (χ4v) is 3.47. The molecule has 7 heteroatoms. The smallest absolute Gasteiger partial charge is 0.262 e. The van der Waals surface area contributed by atoms with Crippen LogP contribution in [0.5, 0.6) is 0 Å².